The lowest BCUT2D eigenvalue weighted by atomic mass is 9.91. The predicted molar refractivity (Wildman–Crippen MR) is 333 cm³/mol. The van der Waals surface area contributed by atoms with Crippen molar-refractivity contribution in [1.29, 1.82) is 0 Å². The van der Waals surface area contributed by atoms with Gasteiger partial charge in [-0.2, -0.15) is 0 Å². The topological polar surface area (TPSA) is 279 Å². The molecule has 0 saturated carbocycles. The van der Waals surface area contributed by atoms with E-state index in [1.54, 1.807) is 40.7 Å². The number of likely N-dealkylation sites (N-methyl/N-ethyl adjacent to an activating group) is 7. The fourth-order valence-corrected chi connectivity index (χ4v) is 11.0. The van der Waals surface area contributed by atoms with Gasteiger partial charge in [0.05, 0.1) is 12.6 Å². The molecule has 23 nitrogen and oxygen atoms in total. The maximum Gasteiger partial charge on any atom is 0.246 e. The van der Waals surface area contributed by atoms with Crippen LogP contribution >= 0.6 is 0 Å². The van der Waals surface area contributed by atoms with E-state index in [4.69, 9.17) is 0 Å². The average Bonchev–Trinajstić information content (AvgIpc) is 1.39. The van der Waals surface area contributed by atoms with Crippen LogP contribution in [0.4, 0.5) is 0 Å². The maximum absolute atomic E-state index is 15.2. The Bertz CT molecular complexity index is 2330. The Hall–Kier alpha value is -6.13. The molecule has 0 radical (unpaired) electrons. The Morgan fingerprint density at radius 2 is 0.837 bits per heavy atom. The van der Waals surface area contributed by atoms with Crippen molar-refractivity contribution < 1.29 is 57.8 Å². The van der Waals surface area contributed by atoms with Crippen LogP contribution in [0.2, 0.25) is 0 Å². The van der Waals surface area contributed by atoms with E-state index in [0.29, 0.717) is 19.3 Å². The molecule has 492 valence electrons. The first-order chi connectivity index (χ1) is 39.8. The van der Waals surface area contributed by atoms with Crippen LogP contribution in [0.1, 0.15) is 169 Å². The molecule has 23 heteroatoms. The Balaban J connectivity index is 4.35. The molecular weight excluding hydrogens is 1100 g/mol. The summed E-state index contributed by atoms with van der Waals surface area (Å²) in [7, 11) is 9.97. The summed E-state index contributed by atoms with van der Waals surface area (Å²) in [6, 6.07) is -12.2. The van der Waals surface area contributed by atoms with Crippen LogP contribution in [-0.2, 0) is 52.7 Å². The number of hydrogen-bond acceptors (Lipinski definition) is 12. The van der Waals surface area contributed by atoms with E-state index in [2.05, 4.69) is 21.3 Å². The van der Waals surface area contributed by atoms with E-state index in [1.165, 1.54) is 87.7 Å². The minimum absolute atomic E-state index is 0.0945. The molecule has 0 aromatic rings. The molecule has 5 N–H and O–H groups in total. The minimum Gasteiger partial charge on any atom is -0.390 e. The summed E-state index contributed by atoms with van der Waals surface area (Å²) in [6.45, 7) is 27.9. The zero-order chi connectivity index (χ0) is 66.5. The highest BCUT2D eigenvalue weighted by molar-refractivity contribution is 5.99. The molecule has 1 saturated heterocycles. The number of aliphatic hydroxyl groups excluding tert-OH is 1. The van der Waals surface area contributed by atoms with Gasteiger partial charge in [0, 0.05) is 49.3 Å². The molecule has 86 heavy (non-hydrogen) atoms. The predicted octanol–water partition coefficient (Wildman–Crippen LogP) is 3.80. The lowest BCUT2D eigenvalue weighted by Gasteiger charge is -2.41. The van der Waals surface area contributed by atoms with Crippen LogP contribution in [-0.4, -0.2) is 227 Å². The number of allylic oxidation sites excluding steroid dienone is 2. The highest BCUT2D eigenvalue weighted by Crippen LogP contribution is 2.26. The van der Waals surface area contributed by atoms with Gasteiger partial charge in [-0.3, -0.25) is 52.7 Å². The number of nitrogens with one attached hydrogen (secondary N) is 4. The fourth-order valence-electron chi connectivity index (χ4n) is 11.0. The van der Waals surface area contributed by atoms with Crippen LogP contribution in [0.3, 0.4) is 0 Å². The lowest BCUT2D eigenvalue weighted by Crippen LogP contribution is -2.63. The average molecular weight is 1220 g/mol. The summed E-state index contributed by atoms with van der Waals surface area (Å²) in [5.41, 5.74) is 0. The monoisotopic (exact) mass is 1220 g/mol. The highest BCUT2D eigenvalue weighted by atomic mass is 16.3. The third-order valence-corrected chi connectivity index (χ3v) is 16.2. The van der Waals surface area contributed by atoms with Crippen molar-refractivity contribution in [2.75, 3.05) is 55.9 Å². The second-order valence-electron chi connectivity index (χ2n) is 26.1. The second-order valence-corrected chi connectivity index (χ2v) is 26.1. The summed E-state index contributed by atoms with van der Waals surface area (Å²) >= 11 is 0. The number of nitrogens with zero attached hydrogens (tertiary/aromatic N) is 7. The van der Waals surface area contributed by atoms with E-state index in [1.807, 2.05) is 68.4 Å². The zero-order valence-electron chi connectivity index (χ0n) is 56.6. The second kappa shape index (κ2) is 36.2. The summed E-state index contributed by atoms with van der Waals surface area (Å²) in [6.07, 6.45) is 4.15. The van der Waals surface area contributed by atoms with Gasteiger partial charge in [0.2, 0.25) is 65.0 Å². The first-order valence-corrected chi connectivity index (χ1v) is 31.2. The molecule has 12 atom stereocenters. The number of aliphatic hydroxyl groups is 1. The summed E-state index contributed by atoms with van der Waals surface area (Å²) < 4.78 is 0. The number of carbonyl (C=O) groups excluding carboxylic acids is 11. The normalized spacial score (nSPS) is 26.7. The van der Waals surface area contributed by atoms with E-state index < -0.39 is 150 Å². The van der Waals surface area contributed by atoms with Gasteiger partial charge in [0.1, 0.15) is 60.4 Å². The van der Waals surface area contributed by atoms with Gasteiger partial charge in [-0.25, -0.2) is 0 Å². The van der Waals surface area contributed by atoms with Crippen molar-refractivity contribution in [1.82, 2.24) is 55.6 Å². The molecule has 1 fully saturated rings. The van der Waals surface area contributed by atoms with Gasteiger partial charge in [-0.05, 0) is 101 Å². The molecule has 1 unspecified atom stereocenters. The summed E-state index contributed by atoms with van der Waals surface area (Å²) in [5.74, 6) is -9.07. The molecule has 1 aliphatic heterocycles. The van der Waals surface area contributed by atoms with Crippen molar-refractivity contribution >= 4 is 65.0 Å². The van der Waals surface area contributed by atoms with Crippen LogP contribution < -0.4 is 21.3 Å². The lowest BCUT2D eigenvalue weighted by molar-refractivity contribution is -0.157. The van der Waals surface area contributed by atoms with E-state index in [0.717, 1.165) is 9.80 Å². The number of amides is 11. The van der Waals surface area contributed by atoms with E-state index >= 15 is 9.59 Å². The van der Waals surface area contributed by atoms with E-state index in [9.17, 15) is 48.3 Å². The Labute approximate surface area is 515 Å². The van der Waals surface area contributed by atoms with Crippen LogP contribution in [0.5, 0.6) is 0 Å². The molecule has 1 rings (SSSR count). The zero-order valence-corrected chi connectivity index (χ0v) is 56.6. The van der Waals surface area contributed by atoms with Crippen molar-refractivity contribution in [3.63, 3.8) is 0 Å². The first kappa shape index (κ1) is 77.9. The minimum atomic E-state index is -1.61. The molecular formula is C63H113N11O12. The number of carbonyl (C=O) groups is 11. The molecule has 0 aromatic carbocycles. The smallest absolute Gasteiger partial charge is 0.246 e. The van der Waals surface area contributed by atoms with Gasteiger partial charge in [0.25, 0.3) is 0 Å². The Morgan fingerprint density at radius 1 is 0.453 bits per heavy atom. The van der Waals surface area contributed by atoms with Crippen molar-refractivity contribution in [3.8, 4) is 0 Å². The van der Waals surface area contributed by atoms with Crippen LogP contribution in [0.15, 0.2) is 12.2 Å². The van der Waals surface area contributed by atoms with Crippen molar-refractivity contribution in [2.24, 2.45) is 35.5 Å². The van der Waals surface area contributed by atoms with Gasteiger partial charge >= 0.3 is 0 Å². The van der Waals surface area contributed by atoms with Gasteiger partial charge in [0.15, 0.2) is 0 Å². The molecule has 11 amide bonds. The Kier molecular flexibility index (Phi) is 32.8. The number of rotatable bonds is 17. The highest BCUT2D eigenvalue weighted by Gasteiger charge is 2.45. The van der Waals surface area contributed by atoms with Gasteiger partial charge in [-0.1, -0.05) is 115 Å². The molecule has 0 bridgehead atoms. The molecule has 1 heterocycles. The van der Waals surface area contributed by atoms with E-state index in [-0.39, 0.29) is 62.2 Å². The largest absolute Gasteiger partial charge is 0.390 e. The molecule has 0 spiro atoms. The van der Waals surface area contributed by atoms with Crippen molar-refractivity contribution in [3.05, 3.63) is 12.2 Å². The van der Waals surface area contributed by atoms with Gasteiger partial charge in [-0.15, -0.1) is 0 Å². The third-order valence-electron chi connectivity index (χ3n) is 16.2. The SMILES string of the molecule is C/C=C/C[C@@H](C)[C@@H](O)[C@H]1C(=O)N[C@@H](CCC)C(=O)N(C)CC(=O)N(C)[C@H](CC(C)C)C(=O)N[C@@H](CCC)C(=O)N(C)[C@H](CC(C)C)C(=O)NC(C)C(=O)N[C@H](C)C(=O)N(C)[C@@H](CC(C)C)C(=O)N(C)[C@@H](CC(C)C)C(=O)N(C)[C@@H](C(C)C)C(=O)N1C. The standard InChI is InChI=1S/C63H113N11O12/c1-24-27-30-41(14)53(76)52-57(80)67-44(28-25-2)59(82)68(17)35-50(75)69(18)46(31-36(4)5)56(79)66-45(29-26-3)60(83)70(19)47(32-37(6)7)55(78)64-42(15)54(77)65-43(16)58(81)71(20)48(33-38(8)9)61(84)72(21)49(34-39(10)11)62(85)73(22)51(40(12)13)63(86)74(52)23/h24,27,36-49,51-53,76H,25-26,28-35H2,1-23H3,(H,64,78)(H,65,77)(H,66,79)(H,67,80)/b27-24+/t41-,42?,43-,44+,45+,46-,47-,48+,49+,51+,52+,53-/m1/s1. The molecule has 0 aromatic heterocycles. The van der Waals surface area contributed by atoms with Gasteiger partial charge < -0.3 is 60.7 Å². The summed E-state index contributed by atoms with van der Waals surface area (Å²) in [4.78, 5) is 169. The third kappa shape index (κ3) is 22.2. The molecule has 0 aliphatic carbocycles. The first-order valence-electron chi connectivity index (χ1n) is 31.2. The number of hydrogen-bond donors (Lipinski definition) is 5. The Morgan fingerprint density at radius 3 is 1.29 bits per heavy atom. The van der Waals surface area contributed by atoms with Crippen LogP contribution in [0.25, 0.3) is 0 Å². The quantitative estimate of drug-likeness (QED) is 0.130. The van der Waals surface area contributed by atoms with Crippen molar-refractivity contribution in [2.45, 2.75) is 235 Å². The summed E-state index contributed by atoms with van der Waals surface area (Å²) in [5, 5.41) is 23.2. The van der Waals surface area contributed by atoms with Crippen LogP contribution in [0, 0.1) is 35.5 Å². The fraction of sp³-hybridized carbons (Fsp3) is 0.794. The maximum atomic E-state index is 15.2. The molecule has 1 aliphatic rings.